The van der Waals surface area contributed by atoms with Gasteiger partial charge in [0.05, 0.1) is 15.5 Å². The molecule has 0 bridgehead atoms. The van der Waals surface area contributed by atoms with Crippen molar-refractivity contribution in [2.24, 2.45) is 10.8 Å². The van der Waals surface area contributed by atoms with Crippen LogP contribution in [0.3, 0.4) is 0 Å². The Bertz CT molecular complexity index is 1250. The van der Waals surface area contributed by atoms with Gasteiger partial charge >= 0.3 is 0 Å². The number of sulfonamides is 2. The van der Waals surface area contributed by atoms with E-state index < -0.39 is 20.0 Å². The average Bonchev–Trinajstić information content (AvgIpc) is 3.11. The maximum atomic E-state index is 13.1. The summed E-state index contributed by atoms with van der Waals surface area (Å²) in [7, 11) is -7.42. The van der Waals surface area contributed by atoms with Crippen LogP contribution in [0.1, 0.15) is 38.8 Å². The Kier molecular flexibility index (Phi) is 7.78. The zero-order chi connectivity index (χ0) is 25.3. The van der Waals surface area contributed by atoms with E-state index in [0.29, 0.717) is 43.0 Å². The summed E-state index contributed by atoms with van der Waals surface area (Å²) in [4.78, 5) is 0.253. The molecule has 0 unspecified atom stereocenters. The second-order valence-corrected chi connectivity index (χ2v) is 11.8. The van der Waals surface area contributed by atoms with Crippen LogP contribution in [0.5, 0.6) is 0 Å². The van der Waals surface area contributed by atoms with Gasteiger partial charge in [0.15, 0.2) is 5.11 Å². The van der Waals surface area contributed by atoms with Gasteiger partial charge in [0.2, 0.25) is 20.0 Å². The van der Waals surface area contributed by atoms with E-state index in [0.717, 1.165) is 11.1 Å². The molecule has 0 saturated carbocycles. The molecule has 0 atom stereocenters. The molecular weight excluding hydrogens is 494 g/mol. The van der Waals surface area contributed by atoms with Crippen LogP contribution < -0.4 is 11.2 Å². The average molecular weight is 524 g/mol. The number of hydrazone groups is 1. The van der Waals surface area contributed by atoms with Gasteiger partial charge in [-0.2, -0.15) is 13.7 Å². The first-order valence-corrected chi connectivity index (χ1v) is 14.2. The summed E-state index contributed by atoms with van der Waals surface area (Å²) in [5, 5.41) is 4.24. The highest BCUT2D eigenvalue weighted by Crippen LogP contribution is 2.39. The van der Waals surface area contributed by atoms with Crippen LogP contribution in [0.4, 0.5) is 0 Å². The number of rotatable bonds is 9. The zero-order valence-corrected chi connectivity index (χ0v) is 22.0. The minimum atomic E-state index is -3.71. The minimum absolute atomic E-state index is 0.0682. The topological polar surface area (TPSA) is 125 Å². The lowest BCUT2D eigenvalue weighted by molar-refractivity contribution is 0.444. The summed E-state index contributed by atoms with van der Waals surface area (Å²) in [6.45, 7) is 8.48. The van der Waals surface area contributed by atoms with E-state index >= 15 is 0 Å². The second-order valence-electron chi connectivity index (χ2n) is 7.53. The molecule has 0 aromatic heterocycles. The van der Waals surface area contributed by atoms with Gasteiger partial charge in [0, 0.05) is 37.3 Å². The molecule has 1 aliphatic rings. The summed E-state index contributed by atoms with van der Waals surface area (Å²) >= 11 is 4.88. The standard InChI is InChI=1S/C22H29N5O4S3/c1-5-26(6-2)33(28,29)15-9-11-17-18-12-10-16(34(30,31)27(7-3)8-4)14-20(18)21(19(17)13-15)24-25-22(23)32/h9-14H,5-8H2,1-4H3,(H3,23,25,32). The van der Waals surface area contributed by atoms with Crippen LogP contribution in [0.25, 0.3) is 11.1 Å². The van der Waals surface area contributed by atoms with E-state index in [1.54, 1.807) is 64.1 Å². The molecule has 0 heterocycles. The van der Waals surface area contributed by atoms with Crippen LogP contribution >= 0.6 is 12.2 Å². The van der Waals surface area contributed by atoms with E-state index in [1.165, 1.54) is 8.61 Å². The molecule has 0 fully saturated rings. The highest BCUT2D eigenvalue weighted by atomic mass is 32.2. The molecular formula is C22H29N5O4S3. The van der Waals surface area contributed by atoms with Gasteiger partial charge in [0.25, 0.3) is 0 Å². The Hall–Kier alpha value is -2.38. The number of nitrogens with zero attached hydrogens (tertiary/aromatic N) is 3. The highest BCUT2D eigenvalue weighted by molar-refractivity contribution is 7.89. The SMILES string of the molecule is CCN(CC)S(=O)(=O)c1ccc2c(c1)C(=NNC(N)=S)c1cc(S(=O)(=O)N(CC)CC)ccc1-2. The number of nitrogens with two attached hydrogens (primary N) is 1. The lowest BCUT2D eigenvalue weighted by Crippen LogP contribution is -2.31. The molecule has 0 saturated heterocycles. The largest absolute Gasteiger partial charge is 0.375 e. The van der Waals surface area contributed by atoms with E-state index in [9.17, 15) is 16.8 Å². The predicted molar refractivity (Wildman–Crippen MR) is 138 cm³/mol. The molecule has 9 nitrogen and oxygen atoms in total. The lowest BCUT2D eigenvalue weighted by atomic mass is 10.1. The molecule has 0 radical (unpaired) electrons. The lowest BCUT2D eigenvalue weighted by Gasteiger charge is -2.19. The third-order valence-corrected chi connectivity index (χ3v) is 9.93. The molecule has 3 N–H and O–H groups in total. The van der Waals surface area contributed by atoms with E-state index in [4.69, 9.17) is 18.0 Å². The first kappa shape index (κ1) is 26.2. The molecule has 2 aromatic carbocycles. The van der Waals surface area contributed by atoms with Crippen molar-refractivity contribution in [3.8, 4) is 11.1 Å². The third-order valence-electron chi connectivity index (χ3n) is 5.75. The first-order chi connectivity index (χ1) is 16.0. The van der Waals surface area contributed by atoms with Crippen LogP contribution in [-0.2, 0) is 20.0 Å². The van der Waals surface area contributed by atoms with Crippen molar-refractivity contribution in [1.82, 2.24) is 14.0 Å². The minimum Gasteiger partial charge on any atom is -0.375 e. The summed E-state index contributed by atoms with van der Waals surface area (Å²) in [5.74, 6) is 0. The predicted octanol–water partition coefficient (Wildman–Crippen LogP) is 2.31. The summed E-state index contributed by atoms with van der Waals surface area (Å²) in [6, 6.07) is 9.66. The molecule has 0 spiro atoms. The number of fused-ring (bicyclic) bond motifs is 3. The molecule has 2 aromatic rings. The van der Waals surface area contributed by atoms with Crippen molar-refractivity contribution in [2.75, 3.05) is 26.2 Å². The van der Waals surface area contributed by atoms with Gasteiger partial charge < -0.3 is 5.73 Å². The van der Waals surface area contributed by atoms with Gasteiger partial charge in [-0.05, 0) is 47.6 Å². The Morgan fingerprint density at radius 1 is 0.794 bits per heavy atom. The van der Waals surface area contributed by atoms with Gasteiger partial charge in [-0.15, -0.1) is 0 Å². The molecule has 184 valence electrons. The zero-order valence-electron chi connectivity index (χ0n) is 19.6. The Labute approximate surface area is 206 Å². The smallest absolute Gasteiger partial charge is 0.243 e. The summed E-state index contributed by atoms with van der Waals surface area (Å²) in [5.41, 5.74) is 11.1. The summed E-state index contributed by atoms with van der Waals surface area (Å²) < 4.78 is 55.2. The fourth-order valence-electron chi connectivity index (χ4n) is 4.03. The molecule has 3 rings (SSSR count). The fraction of sp³-hybridized carbons (Fsp3) is 0.364. The van der Waals surface area contributed by atoms with Crippen LogP contribution in [0.2, 0.25) is 0 Å². The van der Waals surface area contributed by atoms with Crippen LogP contribution in [0, 0.1) is 0 Å². The maximum Gasteiger partial charge on any atom is 0.243 e. The molecule has 0 amide bonds. The Balaban J connectivity index is 2.22. The van der Waals surface area contributed by atoms with Crippen molar-refractivity contribution in [3.63, 3.8) is 0 Å². The van der Waals surface area contributed by atoms with Crippen molar-refractivity contribution in [1.29, 1.82) is 0 Å². The van der Waals surface area contributed by atoms with Gasteiger partial charge in [0.1, 0.15) is 0 Å². The monoisotopic (exact) mass is 523 g/mol. The van der Waals surface area contributed by atoms with Gasteiger partial charge in [-0.3, -0.25) is 5.43 Å². The fourth-order valence-corrected chi connectivity index (χ4v) is 7.05. The Morgan fingerprint density at radius 3 is 1.50 bits per heavy atom. The van der Waals surface area contributed by atoms with Gasteiger partial charge in [-0.25, -0.2) is 16.8 Å². The quantitative estimate of drug-likeness (QED) is 0.326. The highest BCUT2D eigenvalue weighted by Gasteiger charge is 2.31. The number of hydrogen-bond acceptors (Lipinski definition) is 6. The molecule has 34 heavy (non-hydrogen) atoms. The number of thiocarbonyl (C=S) groups is 1. The normalized spacial score (nSPS) is 13.2. The Morgan fingerprint density at radius 2 is 1.18 bits per heavy atom. The van der Waals surface area contributed by atoms with Gasteiger partial charge in [-0.1, -0.05) is 39.8 Å². The second kappa shape index (κ2) is 10.1. The number of nitrogens with one attached hydrogen (secondary N) is 1. The van der Waals surface area contributed by atoms with Crippen molar-refractivity contribution in [2.45, 2.75) is 37.5 Å². The van der Waals surface area contributed by atoms with E-state index in [1.807, 2.05) is 0 Å². The van der Waals surface area contributed by atoms with Crippen LogP contribution in [0.15, 0.2) is 51.3 Å². The molecule has 0 aliphatic heterocycles. The molecule has 12 heteroatoms. The van der Waals surface area contributed by atoms with E-state index in [-0.39, 0.29) is 14.9 Å². The summed E-state index contributed by atoms with van der Waals surface area (Å²) in [6.07, 6.45) is 0. The first-order valence-electron chi connectivity index (χ1n) is 10.9. The maximum absolute atomic E-state index is 13.1. The van der Waals surface area contributed by atoms with Crippen molar-refractivity contribution >= 4 is 43.1 Å². The van der Waals surface area contributed by atoms with Crippen molar-refractivity contribution in [3.05, 3.63) is 47.5 Å². The van der Waals surface area contributed by atoms with Crippen molar-refractivity contribution < 1.29 is 16.8 Å². The number of benzene rings is 2. The third kappa shape index (κ3) is 4.60. The number of hydrogen-bond donors (Lipinski definition) is 2. The van der Waals surface area contributed by atoms with E-state index in [2.05, 4.69) is 10.5 Å². The molecule has 1 aliphatic carbocycles. The van der Waals surface area contributed by atoms with Crippen LogP contribution in [-0.4, -0.2) is 62.4 Å².